The number of carboxylic acid groups (broad SMARTS) is 1. The molecule has 0 unspecified atom stereocenters. The highest BCUT2D eigenvalue weighted by Gasteiger charge is 2.37. The molecule has 0 atom stereocenters. The fourth-order valence-electron chi connectivity index (χ4n) is 1.79. The smallest absolute Gasteiger partial charge is 0.449 e. The van der Waals surface area contributed by atoms with Gasteiger partial charge in [0.05, 0.1) is 23.1 Å². The van der Waals surface area contributed by atoms with Crippen molar-refractivity contribution in [3.05, 3.63) is 29.6 Å². The lowest BCUT2D eigenvalue weighted by atomic mass is 10.2. The molecule has 1 aromatic heterocycles. The minimum absolute atomic E-state index is 0.0509. The van der Waals surface area contributed by atoms with Crippen LogP contribution in [0.1, 0.15) is 16.2 Å². The van der Waals surface area contributed by atoms with Crippen LogP contribution in [0.2, 0.25) is 0 Å². The Kier molecular flexibility index (Phi) is 3.17. The molecule has 8 heteroatoms. The van der Waals surface area contributed by atoms with E-state index in [0.717, 1.165) is 12.1 Å². The third kappa shape index (κ3) is 2.38. The van der Waals surface area contributed by atoms with Gasteiger partial charge in [-0.3, -0.25) is 0 Å². The fourth-order valence-corrected chi connectivity index (χ4v) is 1.79. The van der Waals surface area contributed by atoms with Gasteiger partial charge in [-0.2, -0.15) is 13.2 Å². The van der Waals surface area contributed by atoms with Gasteiger partial charge in [0.25, 0.3) is 0 Å². The Morgan fingerprint density at radius 3 is 2.58 bits per heavy atom. The van der Waals surface area contributed by atoms with Crippen LogP contribution in [0.25, 0.3) is 11.0 Å². The van der Waals surface area contributed by atoms with Gasteiger partial charge in [-0.15, -0.1) is 0 Å². The number of carboxylic acids is 1. The molecule has 2 rings (SSSR count). The Hall–Kier alpha value is -2.12. The summed E-state index contributed by atoms with van der Waals surface area (Å²) in [5.41, 5.74) is -0.248. The number of carbonyl (C=O) groups is 1. The molecule has 0 aliphatic rings. The van der Waals surface area contributed by atoms with Crippen LogP contribution >= 0.6 is 0 Å². The van der Waals surface area contributed by atoms with E-state index < -0.39 is 31.2 Å². The van der Waals surface area contributed by atoms with E-state index in [9.17, 15) is 22.4 Å². The Balaban J connectivity index is 2.69. The van der Waals surface area contributed by atoms with Gasteiger partial charge in [0, 0.05) is 0 Å². The number of fused-ring (bicyclic) bond motifs is 1. The van der Waals surface area contributed by atoms with E-state index in [1.165, 1.54) is 6.07 Å². The van der Waals surface area contributed by atoms with Crippen molar-refractivity contribution in [2.24, 2.45) is 0 Å². The van der Waals surface area contributed by atoms with E-state index in [1.54, 1.807) is 0 Å². The summed E-state index contributed by atoms with van der Waals surface area (Å²) >= 11 is 0. The standard InChI is InChI=1S/C11H8F4N2O2/c12-3-4-17-8-2-1-6(9(18)19)5-7(8)16-10(17)11(13,14)15/h1-2,5H,3-4H2,(H,18,19). The van der Waals surface area contributed by atoms with Crippen LogP contribution < -0.4 is 0 Å². The first-order chi connectivity index (χ1) is 8.84. The third-order valence-electron chi connectivity index (χ3n) is 2.56. The SMILES string of the molecule is O=C(O)c1ccc2c(c1)nc(C(F)(F)F)n2CCF. The first-order valence-corrected chi connectivity index (χ1v) is 5.21. The molecule has 0 radical (unpaired) electrons. The molecule has 1 N–H and O–H groups in total. The van der Waals surface area contributed by atoms with Crippen molar-refractivity contribution in [1.29, 1.82) is 0 Å². The van der Waals surface area contributed by atoms with Crippen LogP contribution in [0.4, 0.5) is 17.6 Å². The van der Waals surface area contributed by atoms with Crippen LogP contribution in [0.3, 0.4) is 0 Å². The fraction of sp³-hybridized carbons (Fsp3) is 0.273. The lowest BCUT2D eigenvalue weighted by Crippen LogP contribution is -2.15. The Labute approximate surface area is 104 Å². The maximum absolute atomic E-state index is 12.7. The quantitative estimate of drug-likeness (QED) is 0.877. The van der Waals surface area contributed by atoms with E-state index in [0.29, 0.717) is 4.57 Å². The molecular weight excluding hydrogens is 268 g/mol. The van der Waals surface area contributed by atoms with Crippen LogP contribution in [0, 0.1) is 0 Å². The summed E-state index contributed by atoms with van der Waals surface area (Å²) in [7, 11) is 0. The van der Waals surface area contributed by atoms with Gasteiger partial charge in [0.15, 0.2) is 0 Å². The Morgan fingerprint density at radius 1 is 1.37 bits per heavy atom. The number of aromatic nitrogens is 2. The molecule has 0 fully saturated rings. The van der Waals surface area contributed by atoms with Crippen molar-refractivity contribution in [3.63, 3.8) is 0 Å². The van der Waals surface area contributed by atoms with Crippen molar-refractivity contribution in [2.45, 2.75) is 12.7 Å². The first-order valence-electron chi connectivity index (χ1n) is 5.21. The van der Waals surface area contributed by atoms with Gasteiger partial charge in [-0.1, -0.05) is 0 Å². The molecule has 4 nitrogen and oxygen atoms in total. The predicted octanol–water partition coefficient (Wildman–Crippen LogP) is 2.72. The lowest BCUT2D eigenvalue weighted by Gasteiger charge is -2.09. The number of imidazole rings is 1. The van der Waals surface area contributed by atoms with E-state index >= 15 is 0 Å². The highest BCUT2D eigenvalue weighted by Crippen LogP contribution is 2.31. The minimum atomic E-state index is -4.72. The Bertz CT molecular complexity index is 633. The molecule has 0 saturated heterocycles. The summed E-state index contributed by atoms with van der Waals surface area (Å²) < 4.78 is 51.3. The largest absolute Gasteiger partial charge is 0.478 e. The Morgan fingerprint density at radius 2 is 2.05 bits per heavy atom. The highest BCUT2D eigenvalue weighted by molar-refractivity contribution is 5.92. The molecule has 19 heavy (non-hydrogen) atoms. The molecular formula is C11H8F4N2O2. The van der Waals surface area contributed by atoms with Gasteiger partial charge < -0.3 is 9.67 Å². The van der Waals surface area contributed by atoms with Crippen molar-refractivity contribution in [1.82, 2.24) is 9.55 Å². The monoisotopic (exact) mass is 276 g/mol. The molecule has 1 aromatic carbocycles. The van der Waals surface area contributed by atoms with E-state index in [-0.39, 0.29) is 16.6 Å². The predicted molar refractivity (Wildman–Crippen MR) is 57.7 cm³/mol. The summed E-state index contributed by atoms with van der Waals surface area (Å²) in [5.74, 6) is -2.50. The maximum atomic E-state index is 12.7. The average molecular weight is 276 g/mol. The van der Waals surface area contributed by atoms with E-state index in [4.69, 9.17) is 5.11 Å². The number of hydrogen-bond acceptors (Lipinski definition) is 2. The van der Waals surface area contributed by atoms with Crippen LogP contribution in [-0.2, 0) is 12.7 Å². The van der Waals surface area contributed by atoms with Crippen molar-refractivity contribution < 1.29 is 27.5 Å². The zero-order valence-corrected chi connectivity index (χ0v) is 9.41. The molecule has 2 aromatic rings. The zero-order chi connectivity index (χ0) is 14.2. The summed E-state index contributed by atoms with van der Waals surface area (Å²) in [6, 6.07) is 3.37. The topological polar surface area (TPSA) is 55.1 Å². The van der Waals surface area contributed by atoms with Crippen molar-refractivity contribution in [2.75, 3.05) is 6.67 Å². The molecule has 1 heterocycles. The second-order valence-corrected chi connectivity index (χ2v) is 3.78. The van der Waals surface area contributed by atoms with Crippen LogP contribution in [0.5, 0.6) is 0 Å². The van der Waals surface area contributed by atoms with Gasteiger partial charge in [-0.25, -0.2) is 14.2 Å². The van der Waals surface area contributed by atoms with Gasteiger partial charge >= 0.3 is 12.1 Å². The molecule has 0 aliphatic carbocycles. The summed E-state index contributed by atoms with van der Waals surface area (Å²) in [4.78, 5) is 14.1. The summed E-state index contributed by atoms with van der Waals surface area (Å²) in [6.07, 6.45) is -4.72. The normalized spacial score (nSPS) is 12.0. The molecule has 0 amide bonds. The average Bonchev–Trinajstić information content (AvgIpc) is 2.67. The number of benzene rings is 1. The maximum Gasteiger partial charge on any atom is 0.449 e. The molecule has 0 spiro atoms. The zero-order valence-electron chi connectivity index (χ0n) is 9.41. The third-order valence-corrected chi connectivity index (χ3v) is 2.56. The molecule has 0 saturated carbocycles. The molecule has 0 aliphatic heterocycles. The first kappa shape index (κ1) is 13.3. The molecule has 0 bridgehead atoms. The number of halogens is 4. The number of hydrogen-bond donors (Lipinski definition) is 1. The second-order valence-electron chi connectivity index (χ2n) is 3.78. The van der Waals surface area contributed by atoms with E-state index in [1.807, 2.05) is 0 Å². The highest BCUT2D eigenvalue weighted by atomic mass is 19.4. The number of aromatic carboxylic acids is 1. The van der Waals surface area contributed by atoms with Crippen molar-refractivity contribution >= 4 is 17.0 Å². The number of nitrogens with zero attached hydrogens (tertiary/aromatic N) is 2. The number of rotatable bonds is 3. The van der Waals surface area contributed by atoms with Crippen LogP contribution in [-0.4, -0.2) is 27.3 Å². The van der Waals surface area contributed by atoms with Gasteiger partial charge in [0.1, 0.15) is 6.67 Å². The van der Waals surface area contributed by atoms with Crippen molar-refractivity contribution in [3.8, 4) is 0 Å². The second kappa shape index (κ2) is 4.52. The molecule has 102 valence electrons. The summed E-state index contributed by atoms with van der Waals surface area (Å²) in [5, 5.41) is 8.77. The number of aryl methyl sites for hydroxylation is 1. The summed E-state index contributed by atoms with van der Waals surface area (Å²) in [6.45, 7) is -1.47. The van der Waals surface area contributed by atoms with Crippen LogP contribution in [0.15, 0.2) is 18.2 Å². The van der Waals surface area contributed by atoms with E-state index in [2.05, 4.69) is 4.98 Å². The minimum Gasteiger partial charge on any atom is -0.478 e. The lowest BCUT2D eigenvalue weighted by molar-refractivity contribution is -0.147. The van der Waals surface area contributed by atoms with Gasteiger partial charge in [0.2, 0.25) is 5.82 Å². The van der Waals surface area contributed by atoms with Gasteiger partial charge in [-0.05, 0) is 18.2 Å². The number of alkyl halides is 4.